The van der Waals surface area contributed by atoms with Gasteiger partial charge in [-0.25, -0.2) is 9.97 Å². The van der Waals surface area contributed by atoms with Gasteiger partial charge in [-0.1, -0.05) is 12.1 Å². The lowest BCUT2D eigenvalue weighted by Crippen LogP contribution is -2.52. The quantitative estimate of drug-likeness (QED) is 0.494. The van der Waals surface area contributed by atoms with Gasteiger partial charge in [0, 0.05) is 43.4 Å². The number of hydrogen-bond donors (Lipinski definition) is 2. The van der Waals surface area contributed by atoms with Crippen LogP contribution in [0.4, 0.5) is 5.82 Å². The Bertz CT molecular complexity index is 1130. The number of nitrogens with zero attached hydrogens (tertiary/aromatic N) is 4. The van der Waals surface area contributed by atoms with Gasteiger partial charge in [0.2, 0.25) is 17.1 Å². The zero-order chi connectivity index (χ0) is 23.8. The number of hydrogen-bond acceptors (Lipinski definition) is 7. The highest BCUT2D eigenvalue weighted by Crippen LogP contribution is 2.31. The number of carbonyl (C=O) groups is 3. The van der Waals surface area contributed by atoms with E-state index in [1.165, 1.54) is 0 Å². The first kappa shape index (κ1) is 22.7. The van der Waals surface area contributed by atoms with Crippen LogP contribution in [0, 0.1) is 0 Å². The second-order valence-electron chi connectivity index (χ2n) is 9.27. The van der Waals surface area contributed by atoms with E-state index in [9.17, 15) is 14.4 Å². The first-order valence-electron chi connectivity index (χ1n) is 11.7. The van der Waals surface area contributed by atoms with Crippen molar-refractivity contribution in [1.82, 2.24) is 20.2 Å². The summed E-state index contributed by atoms with van der Waals surface area (Å²) in [5.74, 6) is -0.120. The molecule has 2 fully saturated rings. The monoisotopic (exact) mass is 482 g/mol. The number of imide groups is 1. The van der Waals surface area contributed by atoms with Gasteiger partial charge in [0.15, 0.2) is 0 Å². The molecule has 178 valence electrons. The van der Waals surface area contributed by atoms with Crippen molar-refractivity contribution in [3.05, 3.63) is 52.4 Å². The molecule has 1 saturated heterocycles. The van der Waals surface area contributed by atoms with Gasteiger partial charge in [0.25, 0.3) is 5.91 Å². The van der Waals surface area contributed by atoms with Crippen LogP contribution in [0.15, 0.2) is 30.5 Å². The molecule has 3 aliphatic rings. The number of piperidine rings is 1. The molecular formula is C24H27ClN6O3. The van der Waals surface area contributed by atoms with Crippen molar-refractivity contribution >= 4 is 35.1 Å². The molecule has 1 atom stereocenters. The van der Waals surface area contributed by atoms with E-state index in [0.717, 1.165) is 42.6 Å². The Balaban J connectivity index is 1.38. The Morgan fingerprint density at radius 1 is 1.12 bits per heavy atom. The molecule has 0 radical (unpaired) electrons. The van der Waals surface area contributed by atoms with E-state index in [-0.39, 0.29) is 35.6 Å². The number of nitrogens with two attached hydrogens (primary N) is 1. The lowest BCUT2D eigenvalue weighted by Gasteiger charge is -2.37. The van der Waals surface area contributed by atoms with Crippen LogP contribution in [-0.4, -0.2) is 50.7 Å². The minimum absolute atomic E-state index is 0.174. The number of halogens is 1. The molecule has 1 aromatic heterocycles. The van der Waals surface area contributed by atoms with Crippen LogP contribution >= 0.6 is 11.6 Å². The van der Waals surface area contributed by atoms with Crippen LogP contribution in [0.3, 0.4) is 0 Å². The summed E-state index contributed by atoms with van der Waals surface area (Å²) in [6.07, 6.45) is 6.04. The number of anilines is 1. The number of benzene rings is 1. The number of amides is 3. The van der Waals surface area contributed by atoms with Gasteiger partial charge in [0.1, 0.15) is 11.9 Å². The molecule has 3 amide bonds. The molecular weight excluding hydrogens is 456 g/mol. The predicted octanol–water partition coefficient (Wildman–Crippen LogP) is 2.17. The van der Waals surface area contributed by atoms with E-state index in [2.05, 4.69) is 20.2 Å². The summed E-state index contributed by atoms with van der Waals surface area (Å²) in [7, 11) is 0. The first-order chi connectivity index (χ1) is 16.4. The maximum absolute atomic E-state index is 13.2. The number of rotatable bonds is 5. The molecule has 2 aliphatic heterocycles. The minimum Gasteiger partial charge on any atom is -0.349 e. The van der Waals surface area contributed by atoms with Crippen molar-refractivity contribution < 1.29 is 14.4 Å². The lowest BCUT2D eigenvalue weighted by atomic mass is 9.90. The molecule has 0 spiro atoms. The van der Waals surface area contributed by atoms with E-state index >= 15 is 0 Å². The Morgan fingerprint density at radius 2 is 1.91 bits per heavy atom. The fourth-order valence-corrected chi connectivity index (χ4v) is 5.34. The molecule has 1 aliphatic carbocycles. The van der Waals surface area contributed by atoms with Gasteiger partial charge in [-0.3, -0.25) is 19.7 Å². The summed E-state index contributed by atoms with van der Waals surface area (Å²) in [6.45, 7) is 0.929. The van der Waals surface area contributed by atoms with Crippen molar-refractivity contribution in [1.29, 1.82) is 0 Å². The highest BCUT2D eigenvalue weighted by atomic mass is 35.5. The highest BCUT2D eigenvalue weighted by Gasteiger charge is 2.39. The van der Waals surface area contributed by atoms with Crippen LogP contribution in [0.5, 0.6) is 0 Å². The predicted molar refractivity (Wildman–Crippen MR) is 126 cm³/mol. The third-order valence-corrected chi connectivity index (χ3v) is 7.22. The summed E-state index contributed by atoms with van der Waals surface area (Å²) in [5.41, 5.74) is 8.59. The van der Waals surface area contributed by atoms with Crippen LogP contribution in [-0.2, 0) is 22.7 Å². The fourth-order valence-electron chi connectivity index (χ4n) is 5.19. The van der Waals surface area contributed by atoms with Gasteiger partial charge in [0.05, 0.1) is 0 Å². The van der Waals surface area contributed by atoms with Crippen LogP contribution < -0.4 is 16.0 Å². The number of nitrogens with one attached hydrogen (secondary N) is 1. The number of fused-ring (bicyclic) bond motifs is 1. The van der Waals surface area contributed by atoms with E-state index in [4.69, 9.17) is 17.3 Å². The molecule has 1 saturated carbocycles. The molecule has 5 rings (SSSR count). The molecule has 3 N–H and O–H groups in total. The molecule has 9 nitrogen and oxygen atoms in total. The Hall–Kier alpha value is -3.04. The third-order valence-electron chi connectivity index (χ3n) is 7.03. The van der Waals surface area contributed by atoms with Crippen LogP contribution in [0.25, 0.3) is 0 Å². The summed E-state index contributed by atoms with van der Waals surface area (Å²) in [6, 6.07) is 7.60. The Morgan fingerprint density at radius 3 is 2.65 bits per heavy atom. The van der Waals surface area contributed by atoms with Crippen molar-refractivity contribution in [3.8, 4) is 0 Å². The van der Waals surface area contributed by atoms with E-state index in [0.29, 0.717) is 25.1 Å². The van der Waals surface area contributed by atoms with Gasteiger partial charge >= 0.3 is 0 Å². The molecule has 3 heterocycles. The van der Waals surface area contributed by atoms with E-state index in [1.807, 2.05) is 24.3 Å². The van der Waals surface area contributed by atoms with Gasteiger partial charge in [-0.2, -0.15) is 0 Å². The number of carbonyl (C=O) groups excluding carboxylic acids is 3. The third kappa shape index (κ3) is 4.50. The van der Waals surface area contributed by atoms with Crippen LogP contribution in [0.1, 0.15) is 60.0 Å². The highest BCUT2D eigenvalue weighted by molar-refractivity contribution is 6.28. The van der Waals surface area contributed by atoms with E-state index in [1.54, 1.807) is 11.1 Å². The first-order valence-corrected chi connectivity index (χ1v) is 12.0. The van der Waals surface area contributed by atoms with Crippen LogP contribution in [0.2, 0.25) is 5.28 Å². The summed E-state index contributed by atoms with van der Waals surface area (Å²) in [5, 5.41) is 2.54. The van der Waals surface area contributed by atoms with E-state index < -0.39 is 11.9 Å². The molecule has 10 heteroatoms. The largest absolute Gasteiger partial charge is 0.349 e. The van der Waals surface area contributed by atoms with Crippen molar-refractivity contribution in [2.45, 2.75) is 69.7 Å². The SMILES string of the molecule is NC1CCC(N(Cc2ccc3c(c2)C(=O)N(C2CCC(=O)NC2=O)C3)c2ccnc(Cl)n2)CC1. The normalized spacial score (nSPS) is 24.7. The second-order valence-corrected chi connectivity index (χ2v) is 9.61. The summed E-state index contributed by atoms with van der Waals surface area (Å²) < 4.78 is 0. The Labute approximate surface area is 202 Å². The van der Waals surface area contributed by atoms with Crippen molar-refractivity contribution in [2.24, 2.45) is 5.73 Å². The maximum Gasteiger partial charge on any atom is 0.255 e. The molecule has 1 aromatic carbocycles. The summed E-state index contributed by atoms with van der Waals surface area (Å²) >= 11 is 6.09. The number of aromatic nitrogens is 2. The smallest absolute Gasteiger partial charge is 0.255 e. The van der Waals surface area contributed by atoms with Crippen molar-refractivity contribution in [3.63, 3.8) is 0 Å². The average molecular weight is 483 g/mol. The minimum atomic E-state index is -0.618. The maximum atomic E-state index is 13.2. The van der Waals surface area contributed by atoms with Crippen molar-refractivity contribution in [2.75, 3.05) is 4.90 Å². The van der Waals surface area contributed by atoms with Gasteiger partial charge in [-0.15, -0.1) is 0 Å². The fraction of sp³-hybridized carbons (Fsp3) is 0.458. The molecule has 2 aromatic rings. The Kier molecular flexibility index (Phi) is 6.22. The zero-order valence-corrected chi connectivity index (χ0v) is 19.5. The molecule has 34 heavy (non-hydrogen) atoms. The zero-order valence-electron chi connectivity index (χ0n) is 18.7. The van der Waals surface area contributed by atoms with Gasteiger partial charge in [-0.05, 0) is 67.0 Å². The standard InChI is InChI=1S/C24H27ClN6O3/c25-24-27-10-9-20(28-24)30(17-5-3-16(26)4-6-17)12-14-1-2-15-13-31(23(34)18(15)11-14)19-7-8-21(32)29-22(19)33/h1-2,9-11,16-17,19H,3-8,12-13,26H2,(H,29,32,33). The average Bonchev–Trinajstić information content (AvgIpc) is 3.14. The lowest BCUT2D eigenvalue weighted by molar-refractivity contribution is -0.136. The molecule has 0 bridgehead atoms. The topological polar surface area (TPSA) is 122 Å². The molecule has 1 unspecified atom stereocenters. The van der Waals surface area contributed by atoms with Gasteiger partial charge < -0.3 is 15.5 Å². The summed E-state index contributed by atoms with van der Waals surface area (Å²) in [4.78, 5) is 49.3. The second kappa shape index (κ2) is 9.31.